The summed E-state index contributed by atoms with van der Waals surface area (Å²) in [6, 6.07) is 0. The van der Waals surface area contributed by atoms with Crippen molar-refractivity contribution >= 4 is 13.8 Å². The van der Waals surface area contributed by atoms with Crippen molar-refractivity contribution in [3.8, 4) is 0 Å². The monoisotopic (exact) mass is 720 g/mol. The third kappa shape index (κ3) is 38.6. The van der Waals surface area contributed by atoms with Crippen molar-refractivity contribution < 1.29 is 37.3 Å². The van der Waals surface area contributed by atoms with Crippen LogP contribution in [0.3, 0.4) is 0 Å². The van der Waals surface area contributed by atoms with Gasteiger partial charge in [-0.25, -0.2) is 0 Å². The summed E-state index contributed by atoms with van der Waals surface area (Å²) in [5, 5.41) is 0. The lowest BCUT2D eigenvalue weighted by atomic mass is 10.0. The van der Waals surface area contributed by atoms with E-state index in [2.05, 4.69) is 13.8 Å². The predicted octanol–water partition coefficient (Wildman–Crippen LogP) is 11.1. The number of carbonyl (C=O) groups is 1. The van der Waals surface area contributed by atoms with Crippen molar-refractivity contribution in [3.63, 3.8) is 0 Å². The van der Waals surface area contributed by atoms with E-state index in [1.807, 2.05) is 21.1 Å². The quantitative estimate of drug-likeness (QED) is 0.0270. The van der Waals surface area contributed by atoms with E-state index in [1.54, 1.807) is 0 Å². The van der Waals surface area contributed by atoms with E-state index in [-0.39, 0.29) is 25.8 Å². The maximum atomic E-state index is 12.4. The molecule has 0 aliphatic rings. The molecule has 294 valence electrons. The van der Waals surface area contributed by atoms with Crippen LogP contribution in [0.1, 0.15) is 194 Å². The van der Waals surface area contributed by atoms with Crippen molar-refractivity contribution in [2.45, 2.75) is 200 Å². The number of hydrogen-bond acceptors (Lipinski definition) is 7. The van der Waals surface area contributed by atoms with Gasteiger partial charge in [0.15, 0.2) is 0 Å². The van der Waals surface area contributed by atoms with Crippen LogP contribution in [0, 0.1) is 0 Å². The van der Waals surface area contributed by atoms with Gasteiger partial charge in [0.2, 0.25) is 0 Å². The normalized spacial score (nSPS) is 13.8. The predicted molar refractivity (Wildman–Crippen MR) is 204 cm³/mol. The number of unbranched alkanes of at least 4 members (excludes halogenated alkanes) is 25. The number of hydrogen-bond donors (Lipinski definition) is 0. The maximum Gasteiger partial charge on any atom is 0.305 e. The smallest absolute Gasteiger partial charge is 0.305 e. The van der Waals surface area contributed by atoms with Gasteiger partial charge in [0.1, 0.15) is 25.9 Å². The summed E-state index contributed by atoms with van der Waals surface area (Å²) >= 11 is 0. The molecule has 0 radical (unpaired) electrons. The van der Waals surface area contributed by atoms with Crippen molar-refractivity contribution in [1.29, 1.82) is 0 Å². The molecule has 0 heterocycles. The molecule has 0 aliphatic heterocycles. The van der Waals surface area contributed by atoms with Crippen LogP contribution in [-0.2, 0) is 27.9 Å². The van der Waals surface area contributed by atoms with Crippen LogP contribution >= 0.6 is 7.82 Å². The average molecular weight is 720 g/mol. The van der Waals surface area contributed by atoms with Gasteiger partial charge >= 0.3 is 5.97 Å². The first-order valence-corrected chi connectivity index (χ1v) is 22.2. The summed E-state index contributed by atoms with van der Waals surface area (Å²) in [6.45, 7) is 5.34. The Labute approximate surface area is 304 Å². The molecule has 0 saturated carbocycles. The van der Waals surface area contributed by atoms with Gasteiger partial charge in [0, 0.05) is 13.0 Å². The second-order valence-corrected chi connectivity index (χ2v) is 16.8. The van der Waals surface area contributed by atoms with E-state index in [0.29, 0.717) is 24.1 Å². The molecule has 0 amide bonds. The van der Waals surface area contributed by atoms with E-state index in [1.165, 1.54) is 141 Å². The Morgan fingerprint density at radius 3 is 1.35 bits per heavy atom. The Hall–Kier alpha value is -0.500. The fourth-order valence-electron chi connectivity index (χ4n) is 5.87. The lowest BCUT2D eigenvalue weighted by Crippen LogP contribution is -2.37. The third-order valence-electron chi connectivity index (χ3n) is 9.20. The highest BCUT2D eigenvalue weighted by molar-refractivity contribution is 7.45. The van der Waals surface area contributed by atoms with E-state index < -0.39 is 13.9 Å². The van der Waals surface area contributed by atoms with Crippen molar-refractivity contribution in [3.05, 3.63) is 0 Å². The first kappa shape index (κ1) is 48.5. The minimum absolute atomic E-state index is 0.0191. The molecule has 0 N–H and O–H groups in total. The van der Waals surface area contributed by atoms with Crippen molar-refractivity contribution in [2.75, 3.05) is 54.1 Å². The molecule has 2 atom stereocenters. The number of likely N-dealkylation sites (N-methyl/N-ethyl adjacent to an activating group) is 1. The minimum Gasteiger partial charge on any atom is -0.756 e. The number of quaternary nitrogens is 1. The second kappa shape index (κ2) is 34.6. The molecule has 0 spiro atoms. The van der Waals surface area contributed by atoms with Gasteiger partial charge in [-0.2, -0.15) is 0 Å². The summed E-state index contributed by atoms with van der Waals surface area (Å²) in [5.74, 6) is -0.266. The largest absolute Gasteiger partial charge is 0.756 e. The van der Waals surface area contributed by atoms with E-state index >= 15 is 0 Å². The fourth-order valence-corrected chi connectivity index (χ4v) is 6.60. The minimum atomic E-state index is -4.48. The number of ether oxygens (including phenoxy) is 2. The van der Waals surface area contributed by atoms with Gasteiger partial charge in [0.05, 0.1) is 27.7 Å². The molecular weight excluding hydrogens is 637 g/mol. The molecule has 0 fully saturated rings. The van der Waals surface area contributed by atoms with Crippen LogP contribution in [0.2, 0.25) is 0 Å². The van der Waals surface area contributed by atoms with Gasteiger partial charge in [-0.05, 0) is 12.8 Å². The highest BCUT2D eigenvalue weighted by Gasteiger charge is 2.19. The molecule has 0 rings (SSSR count). The summed E-state index contributed by atoms with van der Waals surface area (Å²) < 4.78 is 34.6. The lowest BCUT2D eigenvalue weighted by Gasteiger charge is -2.28. The Bertz CT molecular complexity index is 761. The maximum absolute atomic E-state index is 12.4. The van der Waals surface area contributed by atoms with E-state index in [4.69, 9.17) is 18.5 Å². The highest BCUT2D eigenvalue weighted by Crippen LogP contribution is 2.38. The summed E-state index contributed by atoms with van der Waals surface area (Å²) in [6.07, 6.45) is 34.0. The lowest BCUT2D eigenvalue weighted by molar-refractivity contribution is -0.870. The second-order valence-electron chi connectivity index (χ2n) is 15.4. The zero-order chi connectivity index (χ0) is 36.3. The van der Waals surface area contributed by atoms with E-state index in [9.17, 15) is 14.3 Å². The highest BCUT2D eigenvalue weighted by atomic mass is 31.2. The third-order valence-corrected chi connectivity index (χ3v) is 10.2. The van der Waals surface area contributed by atoms with Crippen LogP contribution in [-0.4, -0.2) is 70.7 Å². The SMILES string of the molecule is CCCCCCCCCCCCCCCCOC(COC(=O)CCCCCCCCCCCCCCC)COP(=O)([O-])OCC[N+](C)(C)C. The number of carbonyl (C=O) groups excluding carboxylic acids is 1. The fraction of sp³-hybridized carbons (Fsp3) is 0.975. The number of nitrogens with zero attached hydrogens (tertiary/aromatic N) is 1. The van der Waals surface area contributed by atoms with Gasteiger partial charge in [-0.1, -0.05) is 174 Å². The Morgan fingerprint density at radius 1 is 0.551 bits per heavy atom. The Balaban J connectivity index is 4.22. The number of esters is 1. The first-order valence-electron chi connectivity index (χ1n) is 20.8. The molecule has 0 aromatic heterocycles. The summed E-state index contributed by atoms with van der Waals surface area (Å²) in [4.78, 5) is 24.8. The van der Waals surface area contributed by atoms with Crippen molar-refractivity contribution in [2.24, 2.45) is 0 Å². The molecule has 8 nitrogen and oxygen atoms in total. The average Bonchev–Trinajstić information content (AvgIpc) is 3.05. The van der Waals surface area contributed by atoms with Crippen LogP contribution in [0.25, 0.3) is 0 Å². The topological polar surface area (TPSA) is 94.1 Å². The molecule has 0 aliphatic carbocycles. The number of rotatable bonds is 39. The molecule has 2 unspecified atom stereocenters. The molecule has 0 bridgehead atoms. The van der Waals surface area contributed by atoms with Crippen molar-refractivity contribution in [1.82, 2.24) is 0 Å². The van der Waals surface area contributed by atoms with Gasteiger partial charge in [0.25, 0.3) is 7.82 Å². The summed E-state index contributed by atoms with van der Waals surface area (Å²) in [5.41, 5.74) is 0. The number of phosphoric ester groups is 1. The van der Waals surface area contributed by atoms with Crippen LogP contribution < -0.4 is 4.89 Å². The molecule has 0 aromatic carbocycles. The van der Waals surface area contributed by atoms with Crippen LogP contribution in [0.15, 0.2) is 0 Å². The van der Waals surface area contributed by atoms with E-state index in [0.717, 1.165) is 32.1 Å². The first-order chi connectivity index (χ1) is 23.6. The standard InChI is InChI=1S/C40H82NO7P/c1-6-8-10-12-14-16-18-20-22-24-26-28-30-32-35-45-39(38-48-49(43,44)47-36-34-41(3,4)5)37-46-40(42)33-31-29-27-25-23-21-19-17-15-13-11-9-7-2/h39H,6-38H2,1-5H3. The number of phosphoric acid groups is 1. The zero-order valence-corrected chi connectivity index (χ0v) is 34.1. The molecular formula is C40H82NO7P. The Morgan fingerprint density at radius 2 is 0.939 bits per heavy atom. The van der Waals surface area contributed by atoms with Crippen LogP contribution in [0.4, 0.5) is 0 Å². The molecule has 9 heteroatoms. The molecule has 0 saturated heterocycles. The van der Waals surface area contributed by atoms with Crippen LogP contribution in [0.5, 0.6) is 0 Å². The zero-order valence-electron chi connectivity index (χ0n) is 33.2. The Kier molecular flexibility index (Phi) is 34.2. The van der Waals surface area contributed by atoms with Gasteiger partial charge in [-0.15, -0.1) is 0 Å². The molecule has 0 aromatic rings. The molecule has 49 heavy (non-hydrogen) atoms. The van der Waals surface area contributed by atoms with Gasteiger partial charge in [-0.3, -0.25) is 9.36 Å². The summed E-state index contributed by atoms with van der Waals surface area (Å²) in [7, 11) is 1.42. The van der Waals surface area contributed by atoms with Gasteiger partial charge < -0.3 is 27.9 Å².